The van der Waals surface area contributed by atoms with Gasteiger partial charge in [-0.15, -0.1) is 0 Å². The van der Waals surface area contributed by atoms with Crippen LogP contribution < -0.4 is 5.73 Å². The van der Waals surface area contributed by atoms with Crippen LogP contribution in [-0.4, -0.2) is 68.2 Å². The van der Waals surface area contributed by atoms with Crippen molar-refractivity contribution in [1.29, 1.82) is 0 Å². The molecule has 17 heavy (non-hydrogen) atoms. The summed E-state index contributed by atoms with van der Waals surface area (Å²) in [4.78, 5) is 16.7. The molecule has 0 radical (unpaired) electrons. The van der Waals surface area contributed by atoms with Gasteiger partial charge < -0.3 is 20.3 Å². The molecule has 2 rings (SSSR count). The van der Waals surface area contributed by atoms with Gasteiger partial charge in [0.25, 0.3) is 0 Å². The molecule has 5 heteroatoms. The van der Waals surface area contributed by atoms with E-state index >= 15 is 0 Å². The first kappa shape index (κ1) is 12.8. The molecule has 2 N–H and O–H groups in total. The average molecular weight is 241 g/mol. The summed E-state index contributed by atoms with van der Waals surface area (Å²) in [7, 11) is 2.11. The SMILES string of the molecule is CN1CCC(C(=O)N2CCOCC2CN)CC1. The van der Waals surface area contributed by atoms with Gasteiger partial charge in [0.2, 0.25) is 5.91 Å². The first-order chi connectivity index (χ1) is 8.22. The van der Waals surface area contributed by atoms with Crippen LogP contribution in [-0.2, 0) is 9.53 Å². The Morgan fingerprint density at radius 3 is 2.71 bits per heavy atom. The number of hydrogen-bond donors (Lipinski definition) is 1. The fraction of sp³-hybridized carbons (Fsp3) is 0.917. The lowest BCUT2D eigenvalue weighted by Crippen LogP contribution is -2.54. The Kier molecular flexibility index (Phi) is 4.36. The molecule has 0 aromatic heterocycles. The molecule has 0 bridgehead atoms. The summed E-state index contributed by atoms with van der Waals surface area (Å²) in [5.41, 5.74) is 5.70. The molecule has 1 atom stereocenters. The number of morpholine rings is 1. The van der Waals surface area contributed by atoms with Crippen molar-refractivity contribution in [3.05, 3.63) is 0 Å². The Balaban J connectivity index is 1.93. The summed E-state index contributed by atoms with van der Waals surface area (Å²) in [6, 6.07) is 0.0795. The number of nitrogens with zero attached hydrogens (tertiary/aromatic N) is 2. The predicted octanol–water partition coefficient (Wildman–Crippen LogP) is -0.486. The maximum Gasteiger partial charge on any atom is 0.226 e. The van der Waals surface area contributed by atoms with Crippen molar-refractivity contribution >= 4 is 5.91 Å². The van der Waals surface area contributed by atoms with Gasteiger partial charge in [0.1, 0.15) is 0 Å². The van der Waals surface area contributed by atoms with Crippen LogP contribution in [0.3, 0.4) is 0 Å². The zero-order valence-corrected chi connectivity index (χ0v) is 10.6. The second-order valence-electron chi connectivity index (χ2n) is 5.07. The number of carbonyl (C=O) groups excluding carboxylic acids is 1. The van der Waals surface area contributed by atoms with E-state index < -0.39 is 0 Å². The van der Waals surface area contributed by atoms with Gasteiger partial charge in [-0.05, 0) is 33.0 Å². The maximum atomic E-state index is 12.4. The van der Waals surface area contributed by atoms with Gasteiger partial charge >= 0.3 is 0 Å². The summed E-state index contributed by atoms with van der Waals surface area (Å²) in [5, 5.41) is 0. The average Bonchev–Trinajstić information content (AvgIpc) is 2.39. The summed E-state index contributed by atoms with van der Waals surface area (Å²) in [5.74, 6) is 0.482. The summed E-state index contributed by atoms with van der Waals surface area (Å²) >= 11 is 0. The van der Waals surface area contributed by atoms with Crippen molar-refractivity contribution in [2.45, 2.75) is 18.9 Å². The number of carbonyl (C=O) groups is 1. The Morgan fingerprint density at radius 1 is 1.35 bits per heavy atom. The zero-order chi connectivity index (χ0) is 12.3. The highest BCUT2D eigenvalue weighted by Gasteiger charge is 2.32. The van der Waals surface area contributed by atoms with Gasteiger partial charge in [0, 0.05) is 19.0 Å². The monoisotopic (exact) mass is 241 g/mol. The fourth-order valence-corrected chi connectivity index (χ4v) is 2.63. The van der Waals surface area contributed by atoms with Crippen molar-refractivity contribution in [1.82, 2.24) is 9.80 Å². The molecule has 5 nitrogen and oxygen atoms in total. The standard InChI is InChI=1S/C12H23N3O2/c1-14-4-2-10(3-5-14)12(16)15-6-7-17-9-11(15)8-13/h10-11H,2-9,13H2,1H3. The first-order valence-corrected chi connectivity index (χ1v) is 6.49. The van der Waals surface area contributed by atoms with Crippen LogP contribution in [0.15, 0.2) is 0 Å². The molecular weight excluding hydrogens is 218 g/mol. The molecular formula is C12H23N3O2. The lowest BCUT2D eigenvalue weighted by molar-refractivity contribution is -0.145. The molecule has 98 valence electrons. The number of amides is 1. The van der Waals surface area contributed by atoms with Gasteiger partial charge in [0.05, 0.1) is 19.3 Å². The van der Waals surface area contributed by atoms with Crippen LogP contribution in [0.2, 0.25) is 0 Å². The summed E-state index contributed by atoms with van der Waals surface area (Å²) in [6.45, 7) is 4.48. The topological polar surface area (TPSA) is 58.8 Å². The van der Waals surface area contributed by atoms with Crippen LogP contribution >= 0.6 is 0 Å². The van der Waals surface area contributed by atoms with Crippen LogP contribution in [0.4, 0.5) is 0 Å². The van der Waals surface area contributed by atoms with Gasteiger partial charge in [-0.25, -0.2) is 0 Å². The third-order valence-electron chi connectivity index (χ3n) is 3.85. The second kappa shape index (κ2) is 5.80. The zero-order valence-electron chi connectivity index (χ0n) is 10.6. The minimum Gasteiger partial charge on any atom is -0.377 e. The largest absolute Gasteiger partial charge is 0.377 e. The van der Waals surface area contributed by atoms with Gasteiger partial charge in [-0.3, -0.25) is 4.79 Å². The molecule has 1 amide bonds. The molecule has 1 unspecified atom stereocenters. The molecule has 0 aromatic carbocycles. The van der Waals surface area contributed by atoms with Crippen molar-refractivity contribution in [3.8, 4) is 0 Å². The Bertz CT molecular complexity index is 264. The minimum atomic E-state index is 0.0795. The van der Waals surface area contributed by atoms with Crippen molar-refractivity contribution in [2.24, 2.45) is 11.7 Å². The summed E-state index contributed by atoms with van der Waals surface area (Å²) in [6.07, 6.45) is 1.95. The smallest absolute Gasteiger partial charge is 0.226 e. The molecule has 2 saturated heterocycles. The lowest BCUT2D eigenvalue weighted by Gasteiger charge is -2.38. The van der Waals surface area contributed by atoms with Crippen LogP contribution in [0, 0.1) is 5.92 Å². The molecule has 2 aliphatic heterocycles. The lowest BCUT2D eigenvalue weighted by atomic mass is 9.95. The molecule has 2 heterocycles. The Morgan fingerprint density at radius 2 is 2.06 bits per heavy atom. The van der Waals surface area contributed by atoms with Gasteiger partial charge in [0.15, 0.2) is 0 Å². The van der Waals surface area contributed by atoms with Gasteiger partial charge in [-0.2, -0.15) is 0 Å². The van der Waals surface area contributed by atoms with E-state index in [1.165, 1.54) is 0 Å². The van der Waals surface area contributed by atoms with Crippen molar-refractivity contribution in [3.63, 3.8) is 0 Å². The molecule has 0 aromatic rings. The van der Waals surface area contributed by atoms with Crippen molar-refractivity contribution in [2.75, 3.05) is 46.4 Å². The van der Waals surface area contributed by atoms with Crippen LogP contribution in [0.5, 0.6) is 0 Å². The number of likely N-dealkylation sites (tertiary alicyclic amines) is 1. The first-order valence-electron chi connectivity index (χ1n) is 6.49. The second-order valence-corrected chi connectivity index (χ2v) is 5.07. The predicted molar refractivity (Wildman–Crippen MR) is 65.6 cm³/mol. The molecule has 2 aliphatic rings. The third-order valence-corrected chi connectivity index (χ3v) is 3.85. The maximum absolute atomic E-state index is 12.4. The third kappa shape index (κ3) is 2.97. The highest BCUT2D eigenvalue weighted by atomic mass is 16.5. The molecule has 0 aliphatic carbocycles. The van der Waals surface area contributed by atoms with E-state index in [-0.39, 0.29) is 17.9 Å². The number of nitrogens with two attached hydrogens (primary N) is 1. The van der Waals surface area contributed by atoms with E-state index in [2.05, 4.69) is 11.9 Å². The fourth-order valence-electron chi connectivity index (χ4n) is 2.63. The number of rotatable bonds is 2. The van der Waals surface area contributed by atoms with E-state index in [0.29, 0.717) is 26.3 Å². The van der Waals surface area contributed by atoms with E-state index in [0.717, 1.165) is 25.9 Å². The molecule has 2 fully saturated rings. The van der Waals surface area contributed by atoms with E-state index in [9.17, 15) is 4.79 Å². The van der Waals surface area contributed by atoms with Crippen LogP contribution in [0.1, 0.15) is 12.8 Å². The van der Waals surface area contributed by atoms with E-state index in [4.69, 9.17) is 10.5 Å². The number of piperidine rings is 1. The van der Waals surface area contributed by atoms with E-state index in [1.807, 2.05) is 4.90 Å². The number of ether oxygens (including phenoxy) is 1. The van der Waals surface area contributed by atoms with E-state index in [1.54, 1.807) is 0 Å². The molecule has 0 spiro atoms. The Labute approximate surface area is 103 Å². The van der Waals surface area contributed by atoms with Crippen LogP contribution in [0.25, 0.3) is 0 Å². The van der Waals surface area contributed by atoms with Crippen molar-refractivity contribution < 1.29 is 9.53 Å². The number of hydrogen-bond acceptors (Lipinski definition) is 4. The summed E-state index contributed by atoms with van der Waals surface area (Å²) < 4.78 is 5.38. The van der Waals surface area contributed by atoms with Gasteiger partial charge in [-0.1, -0.05) is 0 Å². The minimum absolute atomic E-state index is 0.0795. The quantitative estimate of drug-likeness (QED) is 0.709. The normalized spacial score (nSPS) is 28.4. The highest BCUT2D eigenvalue weighted by molar-refractivity contribution is 5.79. The Hall–Kier alpha value is -0.650. The molecule has 0 saturated carbocycles. The highest BCUT2D eigenvalue weighted by Crippen LogP contribution is 2.20.